The lowest BCUT2D eigenvalue weighted by Crippen LogP contribution is -2.41. The summed E-state index contributed by atoms with van der Waals surface area (Å²) in [5.74, 6) is 4.78. The van der Waals surface area contributed by atoms with Crippen molar-refractivity contribution in [2.75, 3.05) is 6.54 Å². The molecule has 0 amide bonds. The zero-order valence-electron chi connectivity index (χ0n) is 18.1. The van der Waals surface area contributed by atoms with Crippen LogP contribution in [-0.2, 0) is 0 Å². The van der Waals surface area contributed by atoms with Crippen LogP contribution < -0.4 is 0 Å². The maximum atomic E-state index is 10.8. The highest BCUT2D eigenvalue weighted by atomic mass is 16.3. The van der Waals surface area contributed by atoms with E-state index in [1.165, 1.54) is 64.2 Å². The SMILES string of the molecule is C[C@H](CN=O)C1CCC2C(C[C@H](C)C3CCCCC3(C)C)CCCC21C. The van der Waals surface area contributed by atoms with Gasteiger partial charge in [-0.2, -0.15) is 4.91 Å². The van der Waals surface area contributed by atoms with Gasteiger partial charge in [-0.3, -0.25) is 0 Å². The van der Waals surface area contributed by atoms with E-state index in [-0.39, 0.29) is 0 Å². The van der Waals surface area contributed by atoms with Gasteiger partial charge in [0.1, 0.15) is 0 Å². The van der Waals surface area contributed by atoms with Crippen molar-refractivity contribution in [2.24, 2.45) is 51.5 Å². The Balaban J connectivity index is 1.68. The molecule has 0 aromatic rings. The molecule has 3 fully saturated rings. The molecule has 0 N–H and O–H groups in total. The molecule has 0 spiro atoms. The molecule has 3 rings (SSSR count). The van der Waals surface area contributed by atoms with Crippen molar-refractivity contribution >= 4 is 0 Å². The molecular formula is C24H43NO. The minimum absolute atomic E-state index is 0.467. The molecule has 2 heteroatoms. The Kier molecular flexibility index (Phi) is 6.19. The Labute approximate surface area is 162 Å². The Hall–Kier alpha value is -0.400. The quantitative estimate of drug-likeness (QED) is 0.451. The molecule has 0 saturated heterocycles. The van der Waals surface area contributed by atoms with Gasteiger partial charge in [-0.25, -0.2) is 0 Å². The lowest BCUT2D eigenvalue weighted by atomic mass is 9.56. The van der Waals surface area contributed by atoms with Gasteiger partial charge < -0.3 is 0 Å². The Morgan fingerprint density at radius 2 is 1.65 bits per heavy atom. The summed E-state index contributed by atoms with van der Waals surface area (Å²) in [4.78, 5) is 10.8. The standard InChI is InChI=1S/C24H43NO/c1-17(20-10-6-7-13-23(20,3)4)15-19-9-8-14-24(5)21(11-12-22(19)24)18(2)16-25-26/h17-22H,6-16H2,1-5H3/t17-,18+,19?,20?,21?,22?,24?/m0/s1. The summed E-state index contributed by atoms with van der Waals surface area (Å²) >= 11 is 0. The molecule has 0 aromatic carbocycles. The summed E-state index contributed by atoms with van der Waals surface area (Å²) in [6.45, 7) is 13.0. The van der Waals surface area contributed by atoms with E-state index >= 15 is 0 Å². The maximum Gasteiger partial charge on any atom is 0.0839 e. The zero-order valence-corrected chi connectivity index (χ0v) is 18.1. The molecule has 3 aliphatic carbocycles. The first-order valence-electron chi connectivity index (χ1n) is 11.6. The summed E-state index contributed by atoms with van der Waals surface area (Å²) in [6.07, 6.45) is 14.2. The van der Waals surface area contributed by atoms with Crippen molar-refractivity contribution < 1.29 is 0 Å². The number of hydrogen-bond donors (Lipinski definition) is 0. The largest absolute Gasteiger partial charge is 0.151 e. The summed E-state index contributed by atoms with van der Waals surface area (Å²) in [5.41, 5.74) is 1.01. The van der Waals surface area contributed by atoms with E-state index in [1.54, 1.807) is 0 Å². The second-order valence-electron chi connectivity index (χ2n) is 11.3. The van der Waals surface area contributed by atoms with Crippen LogP contribution in [0.15, 0.2) is 5.18 Å². The van der Waals surface area contributed by atoms with E-state index in [1.807, 2.05) is 0 Å². The van der Waals surface area contributed by atoms with Gasteiger partial charge in [-0.05, 0) is 84.9 Å². The van der Waals surface area contributed by atoms with Gasteiger partial charge in [0, 0.05) is 0 Å². The fourth-order valence-corrected chi connectivity index (χ4v) is 8.06. The smallest absolute Gasteiger partial charge is 0.0839 e. The molecule has 0 aromatic heterocycles. The topological polar surface area (TPSA) is 29.4 Å². The van der Waals surface area contributed by atoms with Crippen LogP contribution in [0.4, 0.5) is 0 Å². The third-order valence-corrected chi connectivity index (χ3v) is 9.34. The van der Waals surface area contributed by atoms with Gasteiger partial charge in [0.15, 0.2) is 0 Å². The summed E-state index contributed by atoms with van der Waals surface area (Å²) in [5, 5.41) is 3.24. The van der Waals surface area contributed by atoms with Crippen LogP contribution in [0, 0.1) is 51.2 Å². The van der Waals surface area contributed by atoms with Crippen molar-refractivity contribution in [2.45, 2.75) is 98.8 Å². The third kappa shape index (κ3) is 3.76. The molecule has 0 heterocycles. The minimum Gasteiger partial charge on any atom is -0.151 e. The molecule has 3 saturated carbocycles. The first-order chi connectivity index (χ1) is 12.3. The van der Waals surface area contributed by atoms with Crippen molar-refractivity contribution in [1.82, 2.24) is 0 Å². The highest BCUT2D eigenvalue weighted by Crippen LogP contribution is 2.61. The second kappa shape index (κ2) is 7.92. The van der Waals surface area contributed by atoms with Gasteiger partial charge >= 0.3 is 0 Å². The maximum absolute atomic E-state index is 10.8. The molecule has 5 unspecified atom stereocenters. The van der Waals surface area contributed by atoms with Gasteiger partial charge in [0.2, 0.25) is 0 Å². The Morgan fingerprint density at radius 1 is 0.885 bits per heavy atom. The number of hydrogen-bond acceptors (Lipinski definition) is 2. The fourth-order valence-electron chi connectivity index (χ4n) is 8.06. The Bertz CT molecular complexity index is 487. The van der Waals surface area contributed by atoms with Crippen LogP contribution in [-0.4, -0.2) is 6.54 Å². The normalized spacial score (nSPS) is 42.0. The van der Waals surface area contributed by atoms with Gasteiger partial charge in [0.25, 0.3) is 0 Å². The summed E-state index contributed by atoms with van der Waals surface area (Å²) in [7, 11) is 0. The van der Waals surface area contributed by atoms with Gasteiger partial charge in [-0.15, -0.1) is 0 Å². The van der Waals surface area contributed by atoms with Crippen LogP contribution >= 0.6 is 0 Å². The molecule has 150 valence electrons. The first-order valence-corrected chi connectivity index (χ1v) is 11.6. The van der Waals surface area contributed by atoms with E-state index in [0.717, 1.165) is 29.6 Å². The van der Waals surface area contributed by atoms with E-state index in [4.69, 9.17) is 0 Å². The predicted octanol–water partition coefficient (Wildman–Crippen LogP) is 7.46. The minimum atomic E-state index is 0.467. The molecule has 3 aliphatic rings. The van der Waals surface area contributed by atoms with Crippen LogP contribution in [0.25, 0.3) is 0 Å². The molecular weight excluding hydrogens is 318 g/mol. The molecule has 0 aliphatic heterocycles. The van der Waals surface area contributed by atoms with E-state index < -0.39 is 0 Å². The van der Waals surface area contributed by atoms with Crippen molar-refractivity contribution in [1.29, 1.82) is 0 Å². The predicted molar refractivity (Wildman–Crippen MR) is 111 cm³/mol. The number of nitroso groups, excluding NO2 is 1. The van der Waals surface area contributed by atoms with Crippen LogP contribution in [0.3, 0.4) is 0 Å². The summed E-state index contributed by atoms with van der Waals surface area (Å²) < 4.78 is 0. The number of fused-ring (bicyclic) bond motifs is 1. The molecule has 7 atom stereocenters. The highest BCUT2D eigenvalue weighted by molar-refractivity contribution is 5.02. The van der Waals surface area contributed by atoms with Crippen molar-refractivity contribution in [3.8, 4) is 0 Å². The van der Waals surface area contributed by atoms with Crippen LogP contribution in [0.5, 0.6) is 0 Å². The third-order valence-electron chi connectivity index (χ3n) is 9.34. The van der Waals surface area contributed by atoms with Crippen molar-refractivity contribution in [3.63, 3.8) is 0 Å². The number of rotatable bonds is 6. The van der Waals surface area contributed by atoms with E-state index in [9.17, 15) is 4.91 Å². The molecule has 0 radical (unpaired) electrons. The first kappa shape index (κ1) is 20.3. The monoisotopic (exact) mass is 361 g/mol. The molecule has 26 heavy (non-hydrogen) atoms. The summed E-state index contributed by atoms with van der Waals surface area (Å²) in [6, 6.07) is 0. The van der Waals surface area contributed by atoms with Gasteiger partial charge in [0.05, 0.1) is 6.54 Å². The average molecular weight is 362 g/mol. The lowest BCUT2D eigenvalue weighted by Gasteiger charge is -2.49. The zero-order chi connectivity index (χ0) is 18.9. The van der Waals surface area contributed by atoms with E-state index in [2.05, 4.69) is 39.8 Å². The average Bonchev–Trinajstić information content (AvgIpc) is 2.92. The lowest BCUT2D eigenvalue weighted by molar-refractivity contribution is 0.00712. The Morgan fingerprint density at radius 3 is 2.35 bits per heavy atom. The number of nitrogens with zero attached hydrogens (tertiary/aromatic N) is 1. The van der Waals surface area contributed by atoms with Crippen LogP contribution in [0.1, 0.15) is 98.8 Å². The molecule has 0 bridgehead atoms. The van der Waals surface area contributed by atoms with Crippen molar-refractivity contribution in [3.05, 3.63) is 4.91 Å². The van der Waals surface area contributed by atoms with E-state index in [0.29, 0.717) is 23.3 Å². The second-order valence-corrected chi connectivity index (χ2v) is 11.3. The molecule has 2 nitrogen and oxygen atoms in total. The highest BCUT2D eigenvalue weighted by Gasteiger charge is 2.52. The fraction of sp³-hybridized carbons (Fsp3) is 1.00. The van der Waals surface area contributed by atoms with Gasteiger partial charge in [-0.1, -0.05) is 65.5 Å². The van der Waals surface area contributed by atoms with Crippen LogP contribution in [0.2, 0.25) is 0 Å².